The van der Waals surface area contributed by atoms with Crippen molar-refractivity contribution in [3.63, 3.8) is 0 Å². The first-order valence-electron chi connectivity index (χ1n) is 11.9. The van der Waals surface area contributed by atoms with Crippen LogP contribution < -0.4 is 26.4 Å². The van der Waals surface area contributed by atoms with Crippen LogP contribution >= 0.6 is 0 Å². The molecule has 4 N–H and O–H groups in total. The molecular formula is C26H30FN7O2. The zero-order chi connectivity index (χ0) is 25.6. The van der Waals surface area contributed by atoms with Gasteiger partial charge in [0, 0.05) is 18.2 Å². The van der Waals surface area contributed by atoms with Crippen molar-refractivity contribution in [1.29, 1.82) is 0 Å². The lowest BCUT2D eigenvalue weighted by molar-refractivity contribution is -0.129. The minimum Gasteiger partial charge on any atom is -0.321 e. The van der Waals surface area contributed by atoms with Gasteiger partial charge < -0.3 is 10.6 Å². The molecule has 0 aliphatic carbocycles. The van der Waals surface area contributed by atoms with Gasteiger partial charge in [0.1, 0.15) is 17.8 Å². The van der Waals surface area contributed by atoms with Crippen molar-refractivity contribution >= 4 is 23.3 Å². The van der Waals surface area contributed by atoms with E-state index < -0.39 is 12.5 Å². The number of aryl methyl sites for hydroxylation is 1. The van der Waals surface area contributed by atoms with Crippen molar-refractivity contribution < 1.29 is 14.0 Å². The van der Waals surface area contributed by atoms with Gasteiger partial charge >= 0.3 is 0 Å². The Morgan fingerprint density at radius 2 is 1.81 bits per heavy atom. The zero-order valence-electron chi connectivity index (χ0n) is 20.7. The average Bonchev–Trinajstić information content (AvgIpc) is 3.42. The number of carbonyl (C=O) groups is 2. The van der Waals surface area contributed by atoms with Crippen LogP contribution in [0.5, 0.6) is 0 Å². The Morgan fingerprint density at radius 3 is 2.47 bits per heavy atom. The number of aromatic nitrogens is 2. The minimum atomic E-state index is -0.700. The summed E-state index contributed by atoms with van der Waals surface area (Å²) in [4.78, 5) is 26.0. The molecule has 2 aromatic carbocycles. The molecule has 3 aromatic rings. The first kappa shape index (κ1) is 24.0. The van der Waals surface area contributed by atoms with Crippen molar-refractivity contribution in [2.24, 2.45) is 5.92 Å². The number of hydrazine groups is 1. The van der Waals surface area contributed by atoms with Crippen LogP contribution in [0.3, 0.4) is 0 Å². The van der Waals surface area contributed by atoms with Gasteiger partial charge in [-0.05, 0) is 54.3 Å². The predicted octanol–water partition coefficient (Wildman–Crippen LogP) is 3.02. The summed E-state index contributed by atoms with van der Waals surface area (Å²) in [7, 11) is 0. The van der Waals surface area contributed by atoms with Gasteiger partial charge in [-0.15, -0.1) is 0 Å². The van der Waals surface area contributed by atoms with Crippen LogP contribution in [0.25, 0.3) is 0 Å². The number of halogens is 1. The number of amides is 2. The van der Waals surface area contributed by atoms with Crippen LogP contribution in [0.15, 0.2) is 54.6 Å². The summed E-state index contributed by atoms with van der Waals surface area (Å²) in [5, 5.41) is 15.6. The van der Waals surface area contributed by atoms with Crippen molar-refractivity contribution in [2.75, 3.05) is 16.9 Å². The van der Waals surface area contributed by atoms with Crippen LogP contribution in [-0.2, 0) is 10.2 Å². The Balaban J connectivity index is 1.36. The molecule has 188 valence electrons. The normalized spacial score (nSPS) is 21.8. The summed E-state index contributed by atoms with van der Waals surface area (Å²) in [6.45, 7) is 8.61. The molecule has 2 aliphatic rings. The first-order valence-corrected chi connectivity index (χ1v) is 11.9. The second kappa shape index (κ2) is 9.03. The van der Waals surface area contributed by atoms with Gasteiger partial charge in [-0.1, -0.05) is 32.9 Å². The number of benzene rings is 2. The highest BCUT2D eigenvalue weighted by atomic mass is 19.1. The van der Waals surface area contributed by atoms with E-state index >= 15 is 0 Å². The van der Waals surface area contributed by atoms with Gasteiger partial charge in [0.2, 0.25) is 5.91 Å². The molecule has 36 heavy (non-hydrogen) atoms. The van der Waals surface area contributed by atoms with Crippen LogP contribution in [-0.4, -0.2) is 34.3 Å². The Bertz CT molecular complexity index is 1280. The molecule has 9 nitrogen and oxygen atoms in total. The maximum atomic E-state index is 13.4. The van der Waals surface area contributed by atoms with E-state index in [9.17, 15) is 14.0 Å². The third-order valence-corrected chi connectivity index (χ3v) is 6.55. The van der Waals surface area contributed by atoms with E-state index in [0.717, 1.165) is 11.3 Å². The molecule has 2 aliphatic heterocycles. The summed E-state index contributed by atoms with van der Waals surface area (Å²) in [6.07, 6.45) is -1.10. The lowest BCUT2D eigenvalue weighted by atomic mass is 9.87. The van der Waals surface area contributed by atoms with E-state index in [1.54, 1.807) is 35.0 Å². The van der Waals surface area contributed by atoms with Crippen molar-refractivity contribution in [3.8, 4) is 0 Å². The fourth-order valence-electron chi connectivity index (χ4n) is 4.56. The molecule has 1 aromatic heterocycles. The quantitative estimate of drug-likeness (QED) is 0.448. The van der Waals surface area contributed by atoms with E-state index in [4.69, 9.17) is 0 Å². The number of rotatable bonds is 4. The minimum absolute atomic E-state index is 0.00958. The van der Waals surface area contributed by atoms with Gasteiger partial charge in [0.25, 0.3) is 5.91 Å². The van der Waals surface area contributed by atoms with Crippen molar-refractivity contribution in [3.05, 3.63) is 77.2 Å². The lowest BCUT2D eigenvalue weighted by Gasteiger charge is -2.37. The smallest absolute Gasteiger partial charge is 0.256 e. The third kappa shape index (κ3) is 4.57. The lowest BCUT2D eigenvalue weighted by Crippen LogP contribution is -2.61. The molecule has 2 amide bonds. The van der Waals surface area contributed by atoms with Gasteiger partial charge in [0.15, 0.2) is 6.29 Å². The molecule has 0 spiro atoms. The molecular weight excluding hydrogens is 461 g/mol. The number of nitrogens with zero attached hydrogens (tertiary/aromatic N) is 3. The van der Waals surface area contributed by atoms with Crippen LogP contribution in [0.1, 0.15) is 48.7 Å². The predicted molar refractivity (Wildman–Crippen MR) is 135 cm³/mol. The number of hydrogen-bond acceptors (Lipinski definition) is 6. The maximum Gasteiger partial charge on any atom is 0.256 e. The topological polar surface area (TPSA) is 103 Å². The number of hydrogen-bond donors (Lipinski definition) is 4. The SMILES string of the molecule is Cc1cc(NC(=O)c2ccc(C(C)(C)C)cc2)n(C2NC(=O)C3CNN(c4ccc(F)cc4)C3N2)n1. The molecule has 2 fully saturated rings. The fraction of sp³-hybridized carbons (Fsp3) is 0.346. The summed E-state index contributed by atoms with van der Waals surface area (Å²) in [5.41, 5.74) is 6.28. The highest BCUT2D eigenvalue weighted by molar-refractivity contribution is 6.03. The van der Waals surface area contributed by atoms with E-state index in [0.29, 0.717) is 23.6 Å². The van der Waals surface area contributed by atoms with Crippen LogP contribution in [0.4, 0.5) is 15.9 Å². The van der Waals surface area contributed by atoms with Crippen molar-refractivity contribution in [2.45, 2.75) is 45.6 Å². The monoisotopic (exact) mass is 491 g/mol. The summed E-state index contributed by atoms with van der Waals surface area (Å²) < 4.78 is 15.0. The molecule has 10 heteroatoms. The van der Waals surface area contributed by atoms with E-state index in [2.05, 4.69) is 47.2 Å². The number of fused-ring (bicyclic) bond motifs is 1. The largest absolute Gasteiger partial charge is 0.321 e. The van der Waals surface area contributed by atoms with Crippen LogP contribution in [0.2, 0.25) is 0 Å². The van der Waals surface area contributed by atoms with Gasteiger partial charge in [-0.2, -0.15) is 5.10 Å². The molecule has 0 bridgehead atoms. The second-order valence-electron chi connectivity index (χ2n) is 10.2. The molecule has 3 heterocycles. The highest BCUT2D eigenvalue weighted by Crippen LogP contribution is 2.28. The molecule has 3 unspecified atom stereocenters. The van der Waals surface area contributed by atoms with Gasteiger partial charge in [0.05, 0.1) is 17.3 Å². The molecule has 0 radical (unpaired) electrons. The van der Waals surface area contributed by atoms with E-state index in [-0.39, 0.29) is 29.0 Å². The first-order chi connectivity index (χ1) is 17.1. The summed E-state index contributed by atoms with van der Waals surface area (Å²) in [5.74, 6) is -0.659. The summed E-state index contributed by atoms with van der Waals surface area (Å²) >= 11 is 0. The second-order valence-corrected chi connectivity index (χ2v) is 10.2. The van der Waals surface area contributed by atoms with Gasteiger partial charge in [-0.25, -0.2) is 14.5 Å². The highest BCUT2D eigenvalue weighted by Gasteiger charge is 2.45. The molecule has 0 saturated carbocycles. The van der Waals surface area contributed by atoms with Gasteiger partial charge in [-0.3, -0.25) is 19.9 Å². The fourth-order valence-corrected chi connectivity index (χ4v) is 4.56. The van der Waals surface area contributed by atoms with Crippen molar-refractivity contribution in [1.82, 2.24) is 25.8 Å². The standard InChI is InChI=1S/C26H30FN7O2/c1-15-13-21(29-23(35)16-5-7-17(8-6-16)26(2,3)4)34(32-15)25-30-22-20(24(36)31-25)14-28-33(22)19-11-9-18(27)10-12-19/h5-13,20,22,25,28,30H,14H2,1-4H3,(H,29,35)(H,31,36). The molecule has 2 saturated heterocycles. The molecule has 3 atom stereocenters. The average molecular weight is 492 g/mol. The number of anilines is 2. The zero-order valence-corrected chi connectivity index (χ0v) is 20.7. The Hall–Kier alpha value is -3.76. The van der Waals surface area contributed by atoms with Crippen LogP contribution in [0, 0.1) is 18.7 Å². The Morgan fingerprint density at radius 1 is 1.11 bits per heavy atom. The summed E-state index contributed by atoms with van der Waals surface area (Å²) in [6, 6.07) is 15.3. The number of carbonyl (C=O) groups excluding carboxylic acids is 2. The number of nitrogens with one attached hydrogen (secondary N) is 4. The Kier molecular flexibility index (Phi) is 6.01. The maximum absolute atomic E-state index is 13.4. The Labute approximate surface area is 209 Å². The van der Waals surface area contributed by atoms with E-state index in [1.165, 1.54) is 12.1 Å². The third-order valence-electron chi connectivity index (χ3n) is 6.55. The van der Waals surface area contributed by atoms with E-state index in [1.807, 2.05) is 24.1 Å². The molecule has 5 rings (SSSR count).